The van der Waals surface area contributed by atoms with Gasteiger partial charge in [-0.2, -0.15) is 0 Å². The maximum Gasteiger partial charge on any atom is 0.255 e. The summed E-state index contributed by atoms with van der Waals surface area (Å²) in [7, 11) is 0. The van der Waals surface area contributed by atoms with Crippen molar-refractivity contribution in [2.45, 2.75) is 19.3 Å². The molecule has 2 rings (SSSR count). The zero-order chi connectivity index (χ0) is 15.2. The minimum Gasteiger partial charge on any atom is -0.484 e. The molecule has 1 aliphatic carbocycles. The Kier molecular flexibility index (Phi) is 5.16. The summed E-state index contributed by atoms with van der Waals surface area (Å²) in [5.74, 6) is 0.312. The predicted molar refractivity (Wildman–Crippen MR) is 79.6 cm³/mol. The number of carbonyl (C=O) groups excluding carboxylic acids is 2. The number of amides is 2. The third-order valence-corrected chi connectivity index (χ3v) is 3.80. The molecule has 0 bridgehead atoms. The molecule has 0 aliphatic heterocycles. The van der Waals surface area contributed by atoms with E-state index in [1.54, 1.807) is 24.3 Å². The number of nitrogens with one attached hydrogen (secondary N) is 1. The normalized spacial score (nSPS) is 21.0. The molecule has 0 radical (unpaired) electrons. The number of hydrogen-bond donors (Lipinski definition) is 3. The molecule has 1 aliphatic rings. The number of carbonyl (C=O) groups is 2. The van der Waals surface area contributed by atoms with Crippen LogP contribution in [0, 0.1) is 11.8 Å². The summed E-state index contributed by atoms with van der Waals surface area (Å²) in [6.07, 6.45) is 2.97. The van der Waals surface area contributed by atoms with Gasteiger partial charge in [0.05, 0.1) is 0 Å². The van der Waals surface area contributed by atoms with Gasteiger partial charge in [0.2, 0.25) is 5.91 Å². The highest BCUT2D eigenvalue weighted by Crippen LogP contribution is 2.32. The molecule has 6 heteroatoms. The molecular formula is C15H21N3O3. The Morgan fingerprint density at radius 1 is 1.24 bits per heavy atom. The second-order valence-electron chi connectivity index (χ2n) is 5.30. The Labute approximate surface area is 123 Å². The first-order valence-corrected chi connectivity index (χ1v) is 7.12. The van der Waals surface area contributed by atoms with Crippen LogP contribution in [0.5, 0.6) is 5.75 Å². The predicted octanol–water partition coefficient (Wildman–Crippen LogP) is 0.864. The second-order valence-corrected chi connectivity index (χ2v) is 5.30. The summed E-state index contributed by atoms with van der Waals surface area (Å²) in [6, 6.07) is 6.85. The van der Waals surface area contributed by atoms with E-state index in [2.05, 4.69) is 5.32 Å². The fourth-order valence-corrected chi connectivity index (χ4v) is 2.69. The maximum atomic E-state index is 12.2. The molecule has 21 heavy (non-hydrogen) atoms. The number of rotatable bonds is 6. The topological polar surface area (TPSA) is 107 Å². The van der Waals surface area contributed by atoms with E-state index in [1.807, 2.05) is 0 Å². The minimum absolute atomic E-state index is 0.000730. The number of benzene rings is 1. The van der Waals surface area contributed by atoms with Crippen LogP contribution < -0.4 is 21.5 Å². The molecule has 1 saturated carbocycles. The molecule has 6 nitrogen and oxygen atoms in total. The number of primary amides is 1. The average molecular weight is 291 g/mol. The Hall–Kier alpha value is -2.08. The number of ether oxygens (including phenoxy) is 1. The summed E-state index contributed by atoms with van der Waals surface area (Å²) >= 11 is 0. The van der Waals surface area contributed by atoms with Gasteiger partial charge in [-0.25, -0.2) is 0 Å². The summed E-state index contributed by atoms with van der Waals surface area (Å²) in [5, 5.41) is 2.90. The highest BCUT2D eigenvalue weighted by Gasteiger charge is 2.31. The van der Waals surface area contributed by atoms with Gasteiger partial charge in [0, 0.05) is 11.6 Å². The van der Waals surface area contributed by atoms with Gasteiger partial charge in [0.25, 0.3) is 5.91 Å². The first-order chi connectivity index (χ1) is 10.1. The van der Waals surface area contributed by atoms with Crippen LogP contribution in [0.1, 0.15) is 19.3 Å². The van der Waals surface area contributed by atoms with Gasteiger partial charge >= 0.3 is 0 Å². The maximum absolute atomic E-state index is 12.2. The van der Waals surface area contributed by atoms with Crippen LogP contribution >= 0.6 is 0 Å². The quantitative estimate of drug-likeness (QED) is 0.722. The van der Waals surface area contributed by atoms with Gasteiger partial charge in [-0.05, 0) is 49.6 Å². The molecule has 0 saturated heterocycles. The SMILES string of the molecule is NCC1CCCC1C(=O)Nc1ccc(OCC(N)=O)cc1. The Bertz CT molecular complexity index is 501. The molecule has 0 aromatic heterocycles. The first-order valence-electron chi connectivity index (χ1n) is 7.12. The number of nitrogens with two attached hydrogens (primary N) is 2. The van der Waals surface area contributed by atoms with E-state index >= 15 is 0 Å². The van der Waals surface area contributed by atoms with Crippen molar-refractivity contribution in [3.8, 4) is 5.75 Å². The Balaban J connectivity index is 1.90. The molecule has 0 spiro atoms. The summed E-state index contributed by atoms with van der Waals surface area (Å²) in [4.78, 5) is 22.8. The van der Waals surface area contributed by atoms with Crippen LogP contribution in [-0.2, 0) is 9.59 Å². The van der Waals surface area contributed by atoms with Crippen molar-refractivity contribution >= 4 is 17.5 Å². The van der Waals surface area contributed by atoms with Gasteiger partial charge in [-0.1, -0.05) is 6.42 Å². The lowest BCUT2D eigenvalue weighted by Gasteiger charge is -2.17. The monoisotopic (exact) mass is 291 g/mol. The molecule has 1 aromatic rings. The van der Waals surface area contributed by atoms with Crippen LogP contribution in [0.15, 0.2) is 24.3 Å². The van der Waals surface area contributed by atoms with Gasteiger partial charge in [-0.15, -0.1) is 0 Å². The van der Waals surface area contributed by atoms with Crippen molar-refractivity contribution in [3.05, 3.63) is 24.3 Å². The summed E-state index contributed by atoms with van der Waals surface area (Å²) in [5.41, 5.74) is 11.4. The second kappa shape index (κ2) is 7.08. The lowest BCUT2D eigenvalue weighted by Crippen LogP contribution is -2.29. The highest BCUT2D eigenvalue weighted by atomic mass is 16.5. The largest absolute Gasteiger partial charge is 0.484 e. The molecule has 2 atom stereocenters. The Morgan fingerprint density at radius 2 is 1.95 bits per heavy atom. The van der Waals surface area contributed by atoms with Crippen molar-refractivity contribution in [3.63, 3.8) is 0 Å². The number of hydrogen-bond acceptors (Lipinski definition) is 4. The third-order valence-electron chi connectivity index (χ3n) is 3.80. The van der Waals surface area contributed by atoms with Crippen molar-refractivity contribution in [1.82, 2.24) is 0 Å². The van der Waals surface area contributed by atoms with Crippen molar-refractivity contribution < 1.29 is 14.3 Å². The van der Waals surface area contributed by atoms with Gasteiger partial charge < -0.3 is 21.5 Å². The Morgan fingerprint density at radius 3 is 2.57 bits per heavy atom. The lowest BCUT2D eigenvalue weighted by atomic mass is 9.95. The van der Waals surface area contributed by atoms with E-state index in [0.29, 0.717) is 18.0 Å². The highest BCUT2D eigenvalue weighted by molar-refractivity contribution is 5.93. The van der Waals surface area contributed by atoms with E-state index in [1.165, 1.54) is 0 Å². The molecule has 0 heterocycles. The fraction of sp³-hybridized carbons (Fsp3) is 0.467. The molecular weight excluding hydrogens is 270 g/mol. The molecule has 5 N–H and O–H groups in total. The van der Waals surface area contributed by atoms with Gasteiger partial charge in [0.1, 0.15) is 5.75 Å². The first kappa shape index (κ1) is 15.3. The summed E-state index contributed by atoms with van der Waals surface area (Å²) in [6.45, 7) is 0.393. The zero-order valence-electron chi connectivity index (χ0n) is 11.9. The van der Waals surface area contributed by atoms with Crippen LogP contribution in [0.25, 0.3) is 0 Å². The minimum atomic E-state index is -0.526. The van der Waals surface area contributed by atoms with Crippen molar-refractivity contribution in [1.29, 1.82) is 0 Å². The van der Waals surface area contributed by atoms with Crippen molar-refractivity contribution in [2.24, 2.45) is 23.3 Å². The standard InChI is InChI=1S/C15H21N3O3/c16-8-10-2-1-3-13(10)15(20)18-11-4-6-12(7-5-11)21-9-14(17)19/h4-7,10,13H,1-3,8-9,16H2,(H2,17,19)(H,18,20). The zero-order valence-corrected chi connectivity index (χ0v) is 11.9. The van der Waals surface area contributed by atoms with Gasteiger partial charge in [-0.3, -0.25) is 9.59 Å². The molecule has 2 amide bonds. The smallest absolute Gasteiger partial charge is 0.255 e. The molecule has 1 fully saturated rings. The van der Waals surface area contributed by atoms with Crippen molar-refractivity contribution in [2.75, 3.05) is 18.5 Å². The van der Waals surface area contributed by atoms with E-state index < -0.39 is 5.91 Å². The lowest BCUT2D eigenvalue weighted by molar-refractivity contribution is -0.121. The molecule has 1 aromatic carbocycles. The number of anilines is 1. The summed E-state index contributed by atoms with van der Waals surface area (Å²) < 4.78 is 5.16. The van der Waals surface area contributed by atoms with E-state index in [-0.39, 0.29) is 24.3 Å². The van der Waals surface area contributed by atoms with Gasteiger partial charge in [0.15, 0.2) is 6.61 Å². The van der Waals surface area contributed by atoms with E-state index in [0.717, 1.165) is 19.3 Å². The fourth-order valence-electron chi connectivity index (χ4n) is 2.69. The average Bonchev–Trinajstić information content (AvgIpc) is 2.95. The van der Waals surface area contributed by atoms with Crippen LogP contribution in [0.2, 0.25) is 0 Å². The van der Waals surface area contributed by atoms with E-state index in [4.69, 9.17) is 16.2 Å². The van der Waals surface area contributed by atoms with Crippen LogP contribution in [0.3, 0.4) is 0 Å². The molecule has 2 unspecified atom stereocenters. The van der Waals surface area contributed by atoms with Crippen LogP contribution in [0.4, 0.5) is 5.69 Å². The van der Waals surface area contributed by atoms with E-state index in [9.17, 15) is 9.59 Å². The third kappa shape index (κ3) is 4.19. The van der Waals surface area contributed by atoms with Crippen LogP contribution in [-0.4, -0.2) is 25.0 Å². The molecule has 114 valence electrons.